The Balaban J connectivity index is 1.45. The van der Waals surface area contributed by atoms with Crippen molar-refractivity contribution in [3.8, 4) is 28.3 Å². The van der Waals surface area contributed by atoms with Crippen LogP contribution in [0.4, 0.5) is 10.1 Å². The van der Waals surface area contributed by atoms with Crippen LogP contribution in [-0.4, -0.2) is 18.0 Å². The molecule has 1 N–H and O–H groups in total. The average Bonchev–Trinajstić information content (AvgIpc) is 2.81. The van der Waals surface area contributed by atoms with Gasteiger partial charge in [-0.3, -0.25) is 4.79 Å². The first kappa shape index (κ1) is 20.3. The summed E-state index contributed by atoms with van der Waals surface area (Å²) in [5.74, 6) is 0.334. The molecular formula is C26H21FN2O2. The number of pyridine rings is 1. The van der Waals surface area contributed by atoms with Crippen LogP contribution < -0.4 is 10.1 Å². The van der Waals surface area contributed by atoms with Crippen LogP contribution in [0, 0.1) is 5.82 Å². The maximum Gasteiger partial charge on any atom is 0.228 e. The molecule has 0 atom stereocenters. The van der Waals surface area contributed by atoms with Gasteiger partial charge in [-0.15, -0.1) is 0 Å². The summed E-state index contributed by atoms with van der Waals surface area (Å²) in [5, 5.41) is 2.87. The summed E-state index contributed by atoms with van der Waals surface area (Å²) in [5.41, 5.74) is 5.13. The summed E-state index contributed by atoms with van der Waals surface area (Å²) >= 11 is 0. The average molecular weight is 412 g/mol. The summed E-state index contributed by atoms with van der Waals surface area (Å²) in [4.78, 5) is 17.0. The van der Waals surface area contributed by atoms with E-state index in [4.69, 9.17) is 9.72 Å². The monoisotopic (exact) mass is 412 g/mol. The van der Waals surface area contributed by atoms with E-state index in [0.717, 1.165) is 33.8 Å². The van der Waals surface area contributed by atoms with Crippen molar-refractivity contribution in [3.05, 3.63) is 102 Å². The summed E-state index contributed by atoms with van der Waals surface area (Å²) in [6, 6.07) is 27.1. The Labute approximate surface area is 180 Å². The molecule has 0 saturated heterocycles. The number of nitrogens with zero attached hydrogens (tertiary/aromatic N) is 1. The minimum atomic E-state index is -0.315. The van der Waals surface area contributed by atoms with Crippen molar-refractivity contribution < 1.29 is 13.9 Å². The van der Waals surface area contributed by atoms with Crippen LogP contribution in [0.15, 0.2) is 91.0 Å². The number of carbonyl (C=O) groups excluding carboxylic acids is 1. The topological polar surface area (TPSA) is 51.2 Å². The number of hydrogen-bond donors (Lipinski definition) is 1. The van der Waals surface area contributed by atoms with Gasteiger partial charge in [0.1, 0.15) is 11.6 Å². The lowest BCUT2D eigenvalue weighted by molar-refractivity contribution is -0.115. The largest absolute Gasteiger partial charge is 0.497 e. The molecule has 31 heavy (non-hydrogen) atoms. The quantitative estimate of drug-likeness (QED) is 0.439. The van der Waals surface area contributed by atoms with Crippen molar-refractivity contribution in [3.63, 3.8) is 0 Å². The third-order valence-corrected chi connectivity index (χ3v) is 4.88. The number of carbonyl (C=O) groups is 1. The molecule has 4 nitrogen and oxygen atoms in total. The van der Waals surface area contributed by atoms with Gasteiger partial charge in [0.25, 0.3) is 0 Å². The Hall–Kier alpha value is -3.99. The van der Waals surface area contributed by atoms with Gasteiger partial charge in [-0.1, -0.05) is 30.3 Å². The van der Waals surface area contributed by atoms with Crippen molar-refractivity contribution >= 4 is 11.6 Å². The van der Waals surface area contributed by atoms with Gasteiger partial charge in [-0.25, -0.2) is 9.37 Å². The van der Waals surface area contributed by atoms with E-state index >= 15 is 0 Å². The molecule has 0 bridgehead atoms. The molecular weight excluding hydrogens is 391 g/mol. The van der Waals surface area contributed by atoms with E-state index in [9.17, 15) is 9.18 Å². The normalized spacial score (nSPS) is 10.5. The third-order valence-electron chi connectivity index (χ3n) is 4.88. The summed E-state index contributed by atoms with van der Waals surface area (Å²) in [6.45, 7) is 0. The standard InChI is InChI=1S/C26H21FN2O2/c1-31-23-15-9-20(10-16-23)25-4-2-3-24(29-25)19-7-13-22(14-8-19)28-26(30)17-18-5-11-21(27)12-6-18/h2-16H,17H2,1H3,(H,28,30). The number of amides is 1. The van der Waals surface area contributed by atoms with Crippen molar-refractivity contribution in [2.75, 3.05) is 12.4 Å². The first-order valence-electron chi connectivity index (χ1n) is 9.87. The maximum absolute atomic E-state index is 13.0. The highest BCUT2D eigenvalue weighted by Gasteiger charge is 2.07. The molecule has 1 amide bonds. The van der Waals surface area contributed by atoms with Crippen LogP contribution in [0.2, 0.25) is 0 Å². The second kappa shape index (κ2) is 9.22. The second-order valence-corrected chi connectivity index (χ2v) is 7.07. The molecule has 0 saturated carbocycles. The predicted molar refractivity (Wildman–Crippen MR) is 120 cm³/mol. The molecule has 0 spiro atoms. The maximum atomic E-state index is 13.0. The SMILES string of the molecule is COc1ccc(-c2cccc(-c3ccc(NC(=O)Cc4ccc(F)cc4)cc3)n2)cc1. The zero-order valence-electron chi connectivity index (χ0n) is 17.0. The highest BCUT2D eigenvalue weighted by molar-refractivity contribution is 5.92. The number of halogens is 1. The summed E-state index contributed by atoms with van der Waals surface area (Å²) in [7, 11) is 1.64. The number of ether oxygens (including phenoxy) is 1. The van der Waals surface area contributed by atoms with Crippen molar-refractivity contribution in [2.45, 2.75) is 6.42 Å². The van der Waals surface area contributed by atoms with Crippen LogP contribution in [0.1, 0.15) is 5.56 Å². The van der Waals surface area contributed by atoms with Gasteiger partial charge in [-0.2, -0.15) is 0 Å². The molecule has 0 fully saturated rings. The van der Waals surface area contributed by atoms with Gasteiger partial charge in [-0.05, 0) is 66.2 Å². The fourth-order valence-corrected chi connectivity index (χ4v) is 3.24. The van der Waals surface area contributed by atoms with Gasteiger partial charge in [0, 0.05) is 16.8 Å². The minimum Gasteiger partial charge on any atom is -0.497 e. The first-order valence-corrected chi connectivity index (χ1v) is 9.87. The Morgan fingerprint density at radius 2 is 1.42 bits per heavy atom. The van der Waals surface area contributed by atoms with E-state index in [0.29, 0.717) is 5.69 Å². The van der Waals surface area contributed by atoms with E-state index in [1.807, 2.05) is 66.7 Å². The molecule has 4 aromatic rings. The third kappa shape index (κ3) is 5.14. The Morgan fingerprint density at radius 3 is 2.00 bits per heavy atom. The molecule has 0 unspecified atom stereocenters. The van der Waals surface area contributed by atoms with Crippen molar-refractivity contribution in [2.24, 2.45) is 0 Å². The minimum absolute atomic E-state index is 0.154. The van der Waals surface area contributed by atoms with Gasteiger partial charge >= 0.3 is 0 Å². The number of methoxy groups -OCH3 is 1. The molecule has 0 aliphatic carbocycles. The van der Waals surface area contributed by atoms with Crippen LogP contribution in [-0.2, 0) is 11.2 Å². The first-order chi connectivity index (χ1) is 15.1. The Morgan fingerprint density at radius 1 is 0.839 bits per heavy atom. The highest BCUT2D eigenvalue weighted by Crippen LogP contribution is 2.25. The molecule has 154 valence electrons. The second-order valence-electron chi connectivity index (χ2n) is 7.07. The van der Waals surface area contributed by atoms with Gasteiger partial charge in [0.05, 0.1) is 24.9 Å². The smallest absolute Gasteiger partial charge is 0.228 e. The van der Waals surface area contributed by atoms with Gasteiger partial charge in [0.2, 0.25) is 5.91 Å². The van der Waals surface area contributed by atoms with E-state index in [1.165, 1.54) is 12.1 Å². The number of rotatable bonds is 6. The van der Waals surface area contributed by atoms with E-state index in [1.54, 1.807) is 19.2 Å². The molecule has 5 heteroatoms. The van der Waals surface area contributed by atoms with Crippen LogP contribution >= 0.6 is 0 Å². The van der Waals surface area contributed by atoms with Gasteiger partial charge < -0.3 is 10.1 Å². The number of anilines is 1. The van der Waals surface area contributed by atoms with Crippen LogP contribution in [0.5, 0.6) is 5.75 Å². The lowest BCUT2D eigenvalue weighted by Crippen LogP contribution is -2.14. The molecule has 0 radical (unpaired) electrons. The summed E-state index contributed by atoms with van der Waals surface area (Å²) < 4.78 is 18.2. The molecule has 0 aliphatic heterocycles. The number of hydrogen-bond acceptors (Lipinski definition) is 3. The highest BCUT2D eigenvalue weighted by atomic mass is 19.1. The zero-order chi connectivity index (χ0) is 21.6. The van der Waals surface area contributed by atoms with Crippen molar-refractivity contribution in [1.29, 1.82) is 0 Å². The lowest BCUT2D eigenvalue weighted by Gasteiger charge is -2.08. The van der Waals surface area contributed by atoms with E-state index in [-0.39, 0.29) is 18.1 Å². The predicted octanol–water partition coefficient (Wildman–Crippen LogP) is 5.74. The Bertz CT molecular complexity index is 1170. The molecule has 1 heterocycles. The lowest BCUT2D eigenvalue weighted by atomic mass is 10.1. The van der Waals surface area contributed by atoms with Gasteiger partial charge in [0.15, 0.2) is 0 Å². The van der Waals surface area contributed by atoms with E-state index in [2.05, 4.69) is 5.32 Å². The van der Waals surface area contributed by atoms with Crippen molar-refractivity contribution in [1.82, 2.24) is 4.98 Å². The number of nitrogens with one attached hydrogen (secondary N) is 1. The molecule has 0 aliphatic rings. The molecule has 3 aromatic carbocycles. The zero-order valence-corrected chi connectivity index (χ0v) is 17.0. The fraction of sp³-hybridized carbons (Fsp3) is 0.0769. The number of benzene rings is 3. The molecule has 4 rings (SSSR count). The number of aromatic nitrogens is 1. The Kier molecular flexibility index (Phi) is 6.03. The molecule has 1 aromatic heterocycles. The fourth-order valence-electron chi connectivity index (χ4n) is 3.24. The van der Waals surface area contributed by atoms with Crippen LogP contribution in [0.25, 0.3) is 22.5 Å². The summed E-state index contributed by atoms with van der Waals surface area (Å²) in [6.07, 6.45) is 0.188. The van der Waals surface area contributed by atoms with E-state index < -0.39 is 0 Å². The van der Waals surface area contributed by atoms with Crippen LogP contribution in [0.3, 0.4) is 0 Å².